The van der Waals surface area contributed by atoms with Gasteiger partial charge in [0.25, 0.3) is 5.91 Å². The molecule has 4 nitrogen and oxygen atoms in total. The lowest BCUT2D eigenvalue weighted by Gasteiger charge is -1.99. The molecule has 1 aromatic rings. The van der Waals surface area contributed by atoms with Gasteiger partial charge in [0.15, 0.2) is 5.69 Å². The first-order chi connectivity index (χ1) is 6.70. The van der Waals surface area contributed by atoms with Crippen LogP contribution in [-0.2, 0) is 6.54 Å². The Morgan fingerprint density at radius 1 is 1.79 bits per heavy atom. The molecule has 1 aliphatic rings. The van der Waals surface area contributed by atoms with E-state index in [2.05, 4.69) is 10.4 Å². The topological polar surface area (TPSA) is 46.9 Å². The van der Waals surface area contributed by atoms with Crippen molar-refractivity contribution in [2.24, 2.45) is 0 Å². The van der Waals surface area contributed by atoms with Crippen molar-refractivity contribution in [1.82, 2.24) is 15.1 Å². The van der Waals surface area contributed by atoms with Crippen LogP contribution in [0.4, 0.5) is 0 Å². The smallest absolute Gasteiger partial charge is 0.273 e. The van der Waals surface area contributed by atoms with Crippen LogP contribution < -0.4 is 5.32 Å². The van der Waals surface area contributed by atoms with Crippen LogP contribution in [0.25, 0.3) is 0 Å². The van der Waals surface area contributed by atoms with E-state index in [1.54, 1.807) is 10.9 Å². The van der Waals surface area contributed by atoms with Gasteiger partial charge in [-0.2, -0.15) is 5.10 Å². The second-order valence-corrected chi connectivity index (χ2v) is 3.84. The highest BCUT2D eigenvalue weighted by Gasteiger charge is 2.26. The molecule has 76 valence electrons. The zero-order chi connectivity index (χ0) is 10.1. The Kier molecular flexibility index (Phi) is 2.46. The number of halogens is 1. The molecule has 0 bridgehead atoms. The SMILES string of the molecule is CCn1cc(Cl)c(C(=O)NC2CC2)n1. The fourth-order valence-electron chi connectivity index (χ4n) is 1.19. The van der Waals surface area contributed by atoms with Gasteiger partial charge in [0.1, 0.15) is 0 Å². The molecule has 0 atom stereocenters. The van der Waals surface area contributed by atoms with Crippen molar-refractivity contribution in [2.45, 2.75) is 32.4 Å². The van der Waals surface area contributed by atoms with E-state index in [-0.39, 0.29) is 5.91 Å². The van der Waals surface area contributed by atoms with E-state index in [4.69, 9.17) is 11.6 Å². The Labute approximate surface area is 87.2 Å². The van der Waals surface area contributed by atoms with E-state index in [9.17, 15) is 4.79 Å². The first-order valence-corrected chi connectivity index (χ1v) is 5.12. The average Bonchev–Trinajstić information content (AvgIpc) is 2.87. The molecule has 2 rings (SSSR count). The Balaban J connectivity index is 2.12. The highest BCUT2D eigenvalue weighted by Crippen LogP contribution is 2.20. The molecule has 0 unspecified atom stereocenters. The number of nitrogens with zero attached hydrogens (tertiary/aromatic N) is 2. The number of carbonyl (C=O) groups is 1. The van der Waals surface area contributed by atoms with Crippen LogP contribution >= 0.6 is 11.6 Å². The van der Waals surface area contributed by atoms with Crippen molar-refractivity contribution in [3.63, 3.8) is 0 Å². The fourth-order valence-corrected chi connectivity index (χ4v) is 1.43. The summed E-state index contributed by atoms with van der Waals surface area (Å²) in [6.07, 6.45) is 3.80. The van der Waals surface area contributed by atoms with Crippen LogP contribution in [0, 0.1) is 0 Å². The van der Waals surface area contributed by atoms with E-state index in [0.29, 0.717) is 16.8 Å². The second kappa shape index (κ2) is 3.61. The molecule has 14 heavy (non-hydrogen) atoms. The Bertz CT molecular complexity index is 357. The molecule has 0 spiro atoms. The minimum Gasteiger partial charge on any atom is -0.348 e. The number of aromatic nitrogens is 2. The molecule has 0 radical (unpaired) electrons. The van der Waals surface area contributed by atoms with Gasteiger partial charge in [-0.05, 0) is 19.8 Å². The van der Waals surface area contributed by atoms with Gasteiger partial charge >= 0.3 is 0 Å². The molecule has 1 saturated carbocycles. The van der Waals surface area contributed by atoms with E-state index in [1.807, 2.05) is 6.92 Å². The standard InChI is InChI=1S/C9H12ClN3O/c1-2-13-5-7(10)8(12-13)9(14)11-6-3-4-6/h5-6H,2-4H2,1H3,(H,11,14). The highest BCUT2D eigenvalue weighted by molar-refractivity contribution is 6.33. The molecule has 1 aliphatic carbocycles. The zero-order valence-corrected chi connectivity index (χ0v) is 8.71. The maximum atomic E-state index is 11.6. The minimum absolute atomic E-state index is 0.162. The zero-order valence-electron chi connectivity index (χ0n) is 7.96. The molecule has 1 aromatic heterocycles. The number of nitrogens with one attached hydrogen (secondary N) is 1. The molecule has 0 saturated heterocycles. The van der Waals surface area contributed by atoms with Crippen LogP contribution in [0.3, 0.4) is 0 Å². The molecule has 1 amide bonds. The fraction of sp³-hybridized carbons (Fsp3) is 0.556. The minimum atomic E-state index is -0.162. The summed E-state index contributed by atoms with van der Waals surface area (Å²) in [4.78, 5) is 11.6. The first-order valence-electron chi connectivity index (χ1n) is 4.74. The van der Waals surface area contributed by atoms with Gasteiger partial charge in [-0.1, -0.05) is 11.6 Å². The normalized spacial score (nSPS) is 15.6. The molecule has 1 heterocycles. The molecule has 0 aliphatic heterocycles. The summed E-state index contributed by atoms with van der Waals surface area (Å²) in [6.45, 7) is 2.67. The number of hydrogen-bond acceptors (Lipinski definition) is 2. The van der Waals surface area contributed by atoms with Gasteiger partial charge in [-0.25, -0.2) is 0 Å². The maximum absolute atomic E-state index is 11.6. The third kappa shape index (κ3) is 1.90. The largest absolute Gasteiger partial charge is 0.348 e. The van der Waals surface area contributed by atoms with Crippen molar-refractivity contribution >= 4 is 17.5 Å². The maximum Gasteiger partial charge on any atom is 0.273 e. The lowest BCUT2D eigenvalue weighted by molar-refractivity contribution is 0.0945. The number of amides is 1. The molecular formula is C9H12ClN3O. The van der Waals surface area contributed by atoms with Gasteiger partial charge in [0.2, 0.25) is 0 Å². The van der Waals surface area contributed by atoms with E-state index >= 15 is 0 Å². The second-order valence-electron chi connectivity index (χ2n) is 3.43. The van der Waals surface area contributed by atoms with E-state index in [0.717, 1.165) is 19.4 Å². The molecule has 0 aromatic carbocycles. The van der Waals surface area contributed by atoms with Gasteiger partial charge in [-0.3, -0.25) is 9.48 Å². The summed E-state index contributed by atoms with van der Waals surface area (Å²) in [5.41, 5.74) is 0.334. The summed E-state index contributed by atoms with van der Waals surface area (Å²) < 4.78 is 1.66. The summed E-state index contributed by atoms with van der Waals surface area (Å²) >= 11 is 5.88. The van der Waals surface area contributed by atoms with Crippen LogP contribution in [0.1, 0.15) is 30.3 Å². The van der Waals surface area contributed by atoms with Crippen LogP contribution in [-0.4, -0.2) is 21.7 Å². The lowest BCUT2D eigenvalue weighted by Crippen LogP contribution is -2.26. The van der Waals surface area contributed by atoms with Gasteiger partial charge in [0.05, 0.1) is 5.02 Å². The summed E-state index contributed by atoms with van der Waals surface area (Å²) in [5, 5.41) is 7.35. The van der Waals surface area contributed by atoms with Crippen LogP contribution in [0.2, 0.25) is 5.02 Å². The third-order valence-electron chi connectivity index (χ3n) is 2.17. The number of aryl methyl sites for hydroxylation is 1. The van der Waals surface area contributed by atoms with Gasteiger partial charge < -0.3 is 5.32 Å². The molecule has 5 heteroatoms. The summed E-state index contributed by atoms with van der Waals surface area (Å²) in [7, 11) is 0. The molecular weight excluding hydrogens is 202 g/mol. The average molecular weight is 214 g/mol. The first kappa shape index (κ1) is 9.52. The quantitative estimate of drug-likeness (QED) is 0.826. The number of rotatable bonds is 3. The van der Waals surface area contributed by atoms with Crippen molar-refractivity contribution in [1.29, 1.82) is 0 Å². The van der Waals surface area contributed by atoms with E-state index in [1.165, 1.54) is 0 Å². The molecule has 1 N–H and O–H groups in total. The van der Waals surface area contributed by atoms with Crippen LogP contribution in [0.15, 0.2) is 6.20 Å². The summed E-state index contributed by atoms with van der Waals surface area (Å²) in [5.74, 6) is -0.162. The Morgan fingerprint density at radius 2 is 2.50 bits per heavy atom. The summed E-state index contributed by atoms with van der Waals surface area (Å²) in [6, 6.07) is 0.338. The van der Waals surface area contributed by atoms with Crippen molar-refractivity contribution in [3.05, 3.63) is 16.9 Å². The monoisotopic (exact) mass is 213 g/mol. The van der Waals surface area contributed by atoms with Crippen molar-refractivity contribution in [2.75, 3.05) is 0 Å². The number of hydrogen-bond donors (Lipinski definition) is 1. The third-order valence-corrected chi connectivity index (χ3v) is 2.45. The van der Waals surface area contributed by atoms with Crippen LogP contribution in [0.5, 0.6) is 0 Å². The van der Waals surface area contributed by atoms with Gasteiger partial charge in [-0.15, -0.1) is 0 Å². The molecule has 1 fully saturated rings. The van der Waals surface area contributed by atoms with Crippen molar-refractivity contribution in [3.8, 4) is 0 Å². The lowest BCUT2D eigenvalue weighted by atomic mass is 10.4. The van der Waals surface area contributed by atoms with E-state index < -0.39 is 0 Å². The number of carbonyl (C=O) groups excluding carboxylic acids is 1. The van der Waals surface area contributed by atoms with Gasteiger partial charge in [0, 0.05) is 18.8 Å². The highest BCUT2D eigenvalue weighted by atomic mass is 35.5. The predicted octanol–water partition coefficient (Wildman–Crippen LogP) is 1.45. The predicted molar refractivity (Wildman–Crippen MR) is 53.4 cm³/mol. The van der Waals surface area contributed by atoms with Crippen molar-refractivity contribution < 1.29 is 4.79 Å². The Hall–Kier alpha value is -1.03. The Morgan fingerprint density at radius 3 is 3.00 bits per heavy atom.